The number of carbonyl (C=O) groups is 1. The van der Waals surface area contributed by atoms with Gasteiger partial charge in [0.05, 0.1) is 11.5 Å². The quantitative estimate of drug-likeness (QED) is 0.649. The molecule has 0 aliphatic rings. The van der Waals surface area contributed by atoms with Gasteiger partial charge in [-0.15, -0.1) is 0 Å². The van der Waals surface area contributed by atoms with Gasteiger partial charge in [-0.3, -0.25) is 19.6 Å². The summed E-state index contributed by atoms with van der Waals surface area (Å²) in [6.45, 7) is 3.41. The highest BCUT2D eigenvalue weighted by molar-refractivity contribution is 5.90. The van der Waals surface area contributed by atoms with E-state index in [1.165, 1.54) is 16.8 Å². The topological polar surface area (TPSA) is 110 Å². The van der Waals surface area contributed by atoms with Gasteiger partial charge in [0.1, 0.15) is 17.1 Å². The van der Waals surface area contributed by atoms with Crippen LogP contribution in [0.5, 0.6) is 5.75 Å². The van der Waals surface area contributed by atoms with Crippen LogP contribution < -0.4 is 5.32 Å². The van der Waals surface area contributed by atoms with Crippen LogP contribution >= 0.6 is 0 Å². The van der Waals surface area contributed by atoms with E-state index in [4.69, 9.17) is 0 Å². The fourth-order valence-electron chi connectivity index (χ4n) is 2.18. The lowest BCUT2D eigenvalue weighted by Crippen LogP contribution is -2.15. The molecule has 0 saturated carbocycles. The lowest BCUT2D eigenvalue weighted by Gasteiger charge is -2.06. The molecule has 116 valence electrons. The predicted octanol–water partition coefficient (Wildman–Crippen LogP) is 2.14. The number of hydrogen-bond acceptors (Lipinski definition) is 5. The number of aromatic nitrogens is 2. The molecule has 2 aromatic rings. The van der Waals surface area contributed by atoms with Crippen molar-refractivity contribution in [3.05, 3.63) is 45.8 Å². The smallest absolute Gasteiger partial charge is 0.312 e. The standard InChI is InChI=1S/C14H16N4O4/c1-9-14(18(21)22)10(2)17(16-9)7-6-13(20)15-11-4-3-5-12(19)8-11/h3-5,8,19H,6-7H2,1-2H3,(H,15,20). The van der Waals surface area contributed by atoms with Gasteiger partial charge in [-0.2, -0.15) is 5.10 Å². The van der Waals surface area contributed by atoms with Gasteiger partial charge in [0, 0.05) is 18.2 Å². The molecular formula is C14H16N4O4. The molecule has 0 bridgehead atoms. The molecule has 0 radical (unpaired) electrons. The minimum Gasteiger partial charge on any atom is -0.508 e. The zero-order valence-corrected chi connectivity index (χ0v) is 12.2. The third kappa shape index (κ3) is 3.40. The van der Waals surface area contributed by atoms with Crippen molar-refractivity contribution in [1.82, 2.24) is 9.78 Å². The number of aromatic hydroxyl groups is 1. The number of hydrogen-bond donors (Lipinski definition) is 2. The molecule has 22 heavy (non-hydrogen) atoms. The van der Waals surface area contributed by atoms with Crippen molar-refractivity contribution in [1.29, 1.82) is 0 Å². The number of nitro groups is 1. The van der Waals surface area contributed by atoms with Crippen LogP contribution in [0.2, 0.25) is 0 Å². The van der Waals surface area contributed by atoms with Crippen molar-refractivity contribution < 1.29 is 14.8 Å². The average molecular weight is 304 g/mol. The van der Waals surface area contributed by atoms with Crippen molar-refractivity contribution in [2.75, 3.05) is 5.32 Å². The summed E-state index contributed by atoms with van der Waals surface area (Å²) in [6.07, 6.45) is 0.120. The van der Waals surface area contributed by atoms with Gasteiger partial charge in [-0.05, 0) is 26.0 Å². The largest absolute Gasteiger partial charge is 0.508 e. The summed E-state index contributed by atoms with van der Waals surface area (Å²) in [5, 5.41) is 27.0. The third-order valence-corrected chi connectivity index (χ3v) is 3.21. The Kier molecular flexibility index (Phi) is 4.40. The van der Waals surface area contributed by atoms with Gasteiger partial charge >= 0.3 is 5.69 Å². The van der Waals surface area contributed by atoms with Crippen LogP contribution in [0.3, 0.4) is 0 Å². The predicted molar refractivity (Wildman–Crippen MR) is 79.7 cm³/mol. The molecule has 1 aromatic carbocycles. The van der Waals surface area contributed by atoms with Gasteiger partial charge in [0.15, 0.2) is 0 Å². The number of nitrogens with zero attached hydrogens (tertiary/aromatic N) is 3. The summed E-state index contributed by atoms with van der Waals surface area (Å²) >= 11 is 0. The van der Waals surface area contributed by atoms with E-state index in [2.05, 4.69) is 10.4 Å². The van der Waals surface area contributed by atoms with Crippen LogP contribution in [-0.2, 0) is 11.3 Å². The fraction of sp³-hybridized carbons (Fsp3) is 0.286. The number of nitrogens with one attached hydrogen (secondary N) is 1. The Morgan fingerprint density at radius 3 is 2.77 bits per heavy atom. The van der Waals surface area contributed by atoms with Gasteiger partial charge in [0.25, 0.3) is 0 Å². The van der Waals surface area contributed by atoms with Crippen LogP contribution in [0.15, 0.2) is 24.3 Å². The number of amides is 1. The normalized spacial score (nSPS) is 10.5. The van der Waals surface area contributed by atoms with Crippen LogP contribution in [0.4, 0.5) is 11.4 Å². The van der Waals surface area contributed by atoms with Gasteiger partial charge < -0.3 is 10.4 Å². The average Bonchev–Trinajstić information content (AvgIpc) is 2.71. The molecule has 0 aliphatic heterocycles. The summed E-state index contributed by atoms with van der Waals surface area (Å²) in [4.78, 5) is 22.3. The fourth-order valence-corrected chi connectivity index (χ4v) is 2.18. The highest BCUT2D eigenvalue weighted by Gasteiger charge is 2.21. The van der Waals surface area contributed by atoms with E-state index in [1.54, 1.807) is 26.0 Å². The lowest BCUT2D eigenvalue weighted by molar-refractivity contribution is -0.386. The van der Waals surface area contributed by atoms with E-state index in [9.17, 15) is 20.0 Å². The zero-order chi connectivity index (χ0) is 16.3. The maximum Gasteiger partial charge on any atom is 0.312 e. The van der Waals surface area contributed by atoms with E-state index >= 15 is 0 Å². The molecule has 1 aromatic heterocycles. The maximum absolute atomic E-state index is 11.9. The first-order chi connectivity index (χ1) is 10.4. The van der Waals surface area contributed by atoms with E-state index in [0.717, 1.165) is 0 Å². The van der Waals surface area contributed by atoms with Crippen molar-refractivity contribution >= 4 is 17.3 Å². The first-order valence-electron chi connectivity index (χ1n) is 6.65. The molecule has 8 heteroatoms. The molecule has 2 N–H and O–H groups in total. The Morgan fingerprint density at radius 1 is 1.45 bits per heavy atom. The van der Waals surface area contributed by atoms with Crippen molar-refractivity contribution in [2.24, 2.45) is 0 Å². The molecule has 0 spiro atoms. The Morgan fingerprint density at radius 2 is 2.18 bits per heavy atom. The maximum atomic E-state index is 11.9. The lowest BCUT2D eigenvalue weighted by atomic mass is 10.3. The monoisotopic (exact) mass is 304 g/mol. The number of aryl methyl sites for hydroxylation is 2. The molecule has 0 unspecified atom stereocenters. The Balaban J connectivity index is 2.00. The summed E-state index contributed by atoms with van der Waals surface area (Å²) in [5.41, 5.74) is 1.22. The number of carbonyl (C=O) groups excluding carboxylic acids is 1. The second-order valence-electron chi connectivity index (χ2n) is 4.85. The molecule has 0 saturated heterocycles. The number of phenolic OH excluding ortho intramolecular Hbond substituents is 1. The summed E-state index contributed by atoms with van der Waals surface area (Å²) in [7, 11) is 0. The number of rotatable bonds is 5. The first kappa shape index (κ1) is 15.5. The molecule has 0 aliphatic carbocycles. The summed E-state index contributed by atoms with van der Waals surface area (Å²) in [5.74, 6) is -0.201. The SMILES string of the molecule is Cc1nn(CCC(=O)Nc2cccc(O)c2)c(C)c1[N+](=O)[O-]. The zero-order valence-electron chi connectivity index (χ0n) is 12.2. The summed E-state index contributed by atoms with van der Waals surface area (Å²) in [6, 6.07) is 6.22. The Labute approximate surface area is 126 Å². The number of anilines is 1. The second-order valence-corrected chi connectivity index (χ2v) is 4.85. The van der Waals surface area contributed by atoms with Crippen LogP contribution in [0, 0.1) is 24.0 Å². The molecule has 0 fully saturated rings. The number of phenols is 1. The van der Waals surface area contributed by atoms with Crippen molar-refractivity contribution in [3.63, 3.8) is 0 Å². The van der Waals surface area contributed by atoms with Crippen LogP contribution in [0.25, 0.3) is 0 Å². The highest BCUT2D eigenvalue weighted by Crippen LogP contribution is 2.22. The van der Waals surface area contributed by atoms with Gasteiger partial charge in [-0.1, -0.05) is 6.07 Å². The van der Waals surface area contributed by atoms with E-state index in [-0.39, 0.29) is 30.3 Å². The summed E-state index contributed by atoms with van der Waals surface area (Å²) < 4.78 is 1.45. The van der Waals surface area contributed by atoms with Gasteiger partial charge in [-0.25, -0.2) is 0 Å². The van der Waals surface area contributed by atoms with E-state index in [1.807, 2.05) is 0 Å². The molecule has 8 nitrogen and oxygen atoms in total. The van der Waals surface area contributed by atoms with Crippen molar-refractivity contribution in [3.8, 4) is 5.75 Å². The van der Waals surface area contributed by atoms with Crippen molar-refractivity contribution in [2.45, 2.75) is 26.8 Å². The minimum atomic E-state index is -0.471. The number of benzene rings is 1. The Bertz CT molecular complexity index is 724. The molecule has 0 atom stereocenters. The third-order valence-electron chi connectivity index (χ3n) is 3.21. The van der Waals surface area contributed by atoms with E-state index < -0.39 is 4.92 Å². The molecule has 1 heterocycles. The molecule has 1 amide bonds. The Hall–Kier alpha value is -2.90. The van der Waals surface area contributed by atoms with Crippen LogP contribution in [0.1, 0.15) is 17.8 Å². The van der Waals surface area contributed by atoms with E-state index in [0.29, 0.717) is 17.1 Å². The van der Waals surface area contributed by atoms with Gasteiger partial charge in [0.2, 0.25) is 5.91 Å². The second kappa shape index (κ2) is 6.25. The highest BCUT2D eigenvalue weighted by atomic mass is 16.6. The molecular weight excluding hydrogens is 288 g/mol. The first-order valence-corrected chi connectivity index (χ1v) is 6.65. The minimum absolute atomic E-state index is 0.0200. The van der Waals surface area contributed by atoms with Crippen LogP contribution in [-0.4, -0.2) is 25.7 Å². The molecule has 2 rings (SSSR count).